The largest absolute Gasteiger partial charge is 0.457 e. The lowest BCUT2D eigenvalue weighted by atomic mass is 10.0. The summed E-state index contributed by atoms with van der Waals surface area (Å²) in [5.41, 5.74) is 5.06. The second kappa shape index (κ2) is 8.10. The molecule has 3 aromatic carbocycles. The molecular weight excluding hydrogens is 414 g/mol. The molecule has 33 heavy (non-hydrogen) atoms. The number of hydrogen-bond donors (Lipinski definition) is 0. The Kier molecular flexibility index (Phi) is 5.09. The van der Waals surface area contributed by atoms with Crippen molar-refractivity contribution in [3.63, 3.8) is 0 Å². The Labute approximate surface area is 190 Å². The summed E-state index contributed by atoms with van der Waals surface area (Å²) in [5, 5.41) is 2.75. The molecule has 0 aliphatic rings. The highest BCUT2D eigenvalue weighted by Crippen LogP contribution is 2.28. The summed E-state index contributed by atoms with van der Waals surface area (Å²) in [4.78, 5) is 25.2. The number of rotatable bonds is 4. The highest BCUT2D eigenvalue weighted by molar-refractivity contribution is 6.07. The second-order valence-electron chi connectivity index (χ2n) is 8.28. The van der Waals surface area contributed by atoms with Crippen molar-refractivity contribution in [3.05, 3.63) is 111 Å². The van der Waals surface area contributed by atoms with Crippen molar-refractivity contribution in [1.29, 1.82) is 0 Å². The highest BCUT2D eigenvalue weighted by atomic mass is 16.5. The standard InChI is InChI=1S/C28H23NO4/c1-17-8-11-22(12-9-17)29-18(2)14-24(19(29)3)28(31)32-16-21-15-26(30)33-25-13-10-20-6-4-5-7-23(20)27(21)25/h4-15H,16H2,1-3H3. The van der Waals surface area contributed by atoms with Gasteiger partial charge in [-0.05, 0) is 55.8 Å². The van der Waals surface area contributed by atoms with Crippen LogP contribution >= 0.6 is 0 Å². The van der Waals surface area contributed by atoms with Crippen LogP contribution in [-0.4, -0.2) is 10.5 Å². The third-order valence-electron chi connectivity index (χ3n) is 6.02. The fourth-order valence-corrected chi connectivity index (χ4v) is 4.42. The molecule has 164 valence electrons. The Morgan fingerprint density at radius 3 is 2.48 bits per heavy atom. The van der Waals surface area contributed by atoms with Gasteiger partial charge in [0.05, 0.1) is 5.56 Å². The normalized spacial score (nSPS) is 11.2. The number of ether oxygens (including phenoxy) is 1. The maximum atomic E-state index is 13.0. The molecule has 0 spiro atoms. The third kappa shape index (κ3) is 3.72. The van der Waals surface area contributed by atoms with Gasteiger partial charge in [0.15, 0.2) is 0 Å². The van der Waals surface area contributed by atoms with E-state index in [4.69, 9.17) is 9.15 Å². The zero-order chi connectivity index (χ0) is 23.1. The molecule has 0 saturated heterocycles. The van der Waals surface area contributed by atoms with Gasteiger partial charge in [-0.2, -0.15) is 0 Å². The van der Waals surface area contributed by atoms with E-state index in [0.29, 0.717) is 16.7 Å². The number of carbonyl (C=O) groups excluding carboxylic acids is 1. The number of esters is 1. The molecular formula is C28H23NO4. The summed E-state index contributed by atoms with van der Waals surface area (Å²) in [5.74, 6) is -0.428. The maximum absolute atomic E-state index is 13.0. The minimum absolute atomic E-state index is 0.0247. The van der Waals surface area contributed by atoms with Gasteiger partial charge in [-0.15, -0.1) is 0 Å². The molecule has 0 atom stereocenters. The first-order chi connectivity index (χ1) is 15.9. The van der Waals surface area contributed by atoms with Gasteiger partial charge in [0.25, 0.3) is 0 Å². The molecule has 0 bridgehead atoms. The zero-order valence-corrected chi connectivity index (χ0v) is 18.7. The first-order valence-corrected chi connectivity index (χ1v) is 10.8. The van der Waals surface area contributed by atoms with Crippen LogP contribution in [0.5, 0.6) is 0 Å². The van der Waals surface area contributed by atoms with Crippen molar-refractivity contribution in [1.82, 2.24) is 4.57 Å². The zero-order valence-electron chi connectivity index (χ0n) is 18.7. The van der Waals surface area contributed by atoms with Gasteiger partial charge in [0.2, 0.25) is 0 Å². The van der Waals surface area contributed by atoms with Crippen LogP contribution < -0.4 is 5.63 Å². The van der Waals surface area contributed by atoms with Crippen LogP contribution in [0.1, 0.15) is 32.9 Å². The molecule has 0 aliphatic heterocycles. The van der Waals surface area contributed by atoms with Gasteiger partial charge < -0.3 is 13.7 Å². The average molecular weight is 437 g/mol. The van der Waals surface area contributed by atoms with Crippen molar-refractivity contribution in [2.24, 2.45) is 0 Å². The van der Waals surface area contributed by atoms with Crippen molar-refractivity contribution in [3.8, 4) is 5.69 Å². The van der Waals surface area contributed by atoms with E-state index in [1.54, 1.807) is 6.07 Å². The van der Waals surface area contributed by atoms with Crippen LogP contribution in [0.25, 0.3) is 27.4 Å². The third-order valence-corrected chi connectivity index (χ3v) is 6.02. The van der Waals surface area contributed by atoms with E-state index < -0.39 is 11.6 Å². The van der Waals surface area contributed by atoms with Gasteiger partial charge in [-0.3, -0.25) is 0 Å². The fraction of sp³-hybridized carbons (Fsp3) is 0.143. The molecule has 0 amide bonds. The summed E-state index contributed by atoms with van der Waals surface area (Å²) in [7, 11) is 0. The SMILES string of the molecule is Cc1ccc(-n2c(C)cc(C(=O)OCc3cc(=O)oc4ccc5ccccc5c34)c2C)cc1. The molecule has 2 heterocycles. The quantitative estimate of drug-likeness (QED) is 0.196. The Morgan fingerprint density at radius 2 is 1.70 bits per heavy atom. The van der Waals surface area contributed by atoms with Crippen molar-refractivity contribution >= 4 is 27.7 Å². The van der Waals surface area contributed by atoms with Gasteiger partial charge in [0.1, 0.15) is 12.2 Å². The summed E-state index contributed by atoms with van der Waals surface area (Å²) >= 11 is 0. The molecule has 0 saturated carbocycles. The fourth-order valence-electron chi connectivity index (χ4n) is 4.42. The summed E-state index contributed by atoms with van der Waals surface area (Å²) in [6, 6.07) is 22.9. The van der Waals surface area contributed by atoms with Gasteiger partial charge in [-0.25, -0.2) is 9.59 Å². The number of fused-ring (bicyclic) bond motifs is 3. The predicted molar refractivity (Wildman–Crippen MR) is 129 cm³/mol. The smallest absolute Gasteiger partial charge is 0.340 e. The van der Waals surface area contributed by atoms with Crippen molar-refractivity contribution in [2.75, 3.05) is 0 Å². The molecule has 2 aromatic heterocycles. The van der Waals surface area contributed by atoms with E-state index in [9.17, 15) is 9.59 Å². The van der Waals surface area contributed by atoms with E-state index in [1.165, 1.54) is 11.6 Å². The van der Waals surface area contributed by atoms with Gasteiger partial charge in [0, 0.05) is 34.1 Å². The lowest BCUT2D eigenvalue weighted by Crippen LogP contribution is -2.09. The van der Waals surface area contributed by atoms with Crippen LogP contribution in [0.15, 0.2) is 82.0 Å². The minimum Gasteiger partial charge on any atom is -0.457 e. The molecule has 5 rings (SSSR count). The molecule has 5 nitrogen and oxygen atoms in total. The minimum atomic E-state index is -0.471. The first kappa shape index (κ1) is 20.8. The van der Waals surface area contributed by atoms with E-state index in [-0.39, 0.29) is 6.61 Å². The molecule has 5 aromatic rings. The van der Waals surface area contributed by atoms with Crippen molar-refractivity contribution < 1.29 is 13.9 Å². The Morgan fingerprint density at radius 1 is 0.939 bits per heavy atom. The van der Waals surface area contributed by atoms with Gasteiger partial charge in [-0.1, -0.05) is 48.0 Å². The Balaban J connectivity index is 1.49. The molecule has 0 radical (unpaired) electrons. The second-order valence-corrected chi connectivity index (χ2v) is 8.28. The van der Waals surface area contributed by atoms with Crippen molar-refractivity contribution in [2.45, 2.75) is 27.4 Å². The van der Waals surface area contributed by atoms with Crippen LogP contribution in [0.4, 0.5) is 0 Å². The number of nitrogens with zero attached hydrogens (tertiary/aromatic N) is 1. The lowest BCUT2D eigenvalue weighted by Gasteiger charge is -2.11. The average Bonchev–Trinajstić information content (AvgIpc) is 3.11. The van der Waals surface area contributed by atoms with Crippen LogP contribution in [-0.2, 0) is 11.3 Å². The van der Waals surface area contributed by atoms with E-state index in [1.807, 2.05) is 86.0 Å². The number of aromatic nitrogens is 1. The Hall–Kier alpha value is -4.12. The van der Waals surface area contributed by atoms with Gasteiger partial charge >= 0.3 is 11.6 Å². The number of aryl methyl sites for hydroxylation is 2. The topological polar surface area (TPSA) is 61.4 Å². The molecule has 0 fully saturated rings. The van der Waals surface area contributed by atoms with E-state index >= 15 is 0 Å². The van der Waals surface area contributed by atoms with Crippen LogP contribution in [0.3, 0.4) is 0 Å². The first-order valence-electron chi connectivity index (χ1n) is 10.8. The lowest BCUT2D eigenvalue weighted by molar-refractivity contribution is 0.0473. The molecule has 0 unspecified atom stereocenters. The number of benzene rings is 3. The van der Waals surface area contributed by atoms with Crippen LogP contribution in [0.2, 0.25) is 0 Å². The highest BCUT2D eigenvalue weighted by Gasteiger charge is 2.19. The predicted octanol–water partition coefficient (Wildman–Crippen LogP) is 6.02. The Bertz CT molecular complexity index is 1570. The number of carbonyl (C=O) groups is 1. The summed E-state index contributed by atoms with van der Waals surface area (Å²) < 4.78 is 13.1. The summed E-state index contributed by atoms with van der Waals surface area (Å²) in [6.07, 6.45) is 0. The number of hydrogen-bond acceptors (Lipinski definition) is 4. The van der Waals surface area contributed by atoms with E-state index in [0.717, 1.165) is 33.2 Å². The molecule has 5 heteroatoms. The van der Waals surface area contributed by atoms with E-state index in [2.05, 4.69) is 0 Å². The molecule has 0 N–H and O–H groups in total. The van der Waals surface area contributed by atoms with Crippen LogP contribution in [0, 0.1) is 20.8 Å². The summed E-state index contributed by atoms with van der Waals surface area (Å²) in [6.45, 7) is 5.89. The molecule has 0 aliphatic carbocycles. The monoisotopic (exact) mass is 437 g/mol. The maximum Gasteiger partial charge on any atom is 0.340 e.